The molecule has 5 nitrogen and oxygen atoms in total. The Morgan fingerprint density at radius 1 is 1.00 bits per heavy atom. The lowest BCUT2D eigenvalue weighted by molar-refractivity contribution is 0.0982. The van der Waals surface area contributed by atoms with Gasteiger partial charge in [-0.25, -0.2) is 4.98 Å². The van der Waals surface area contributed by atoms with Gasteiger partial charge in [0.15, 0.2) is 0 Å². The third kappa shape index (κ3) is 5.03. The number of hydrogen-bond acceptors (Lipinski definition) is 4. The Labute approximate surface area is 179 Å². The molecule has 2 aromatic carbocycles. The van der Waals surface area contributed by atoms with Crippen LogP contribution < -0.4 is 10.2 Å². The first-order valence-electron chi connectivity index (χ1n) is 10.4. The van der Waals surface area contributed by atoms with Crippen molar-refractivity contribution in [2.24, 2.45) is 5.92 Å². The van der Waals surface area contributed by atoms with Crippen LogP contribution >= 0.6 is 0 Å². The van der Waals surface area contributed by atoms with E-state index >= 15 is 0 Å². The van der Waals surface area contributed by atoms with Crippen molar-refractivity contribution in [3.63, 3.8) is 0 Å². The van der Waals surface area contributed by atoms with Crippen molar-refractivity contribution in [2.75, 3.05) is 16.8 Å². The lowest BCUT2D eigenvalue weighted by atomic mass is 10.0. The highest BCUT2D eigenvalue weighted by atomic mass is 16.2. The molecule has 1 aromatic heterocycles. The van der Waals surface area contributed by atoms with Crippen molar-refractivity contribution < 1.29 is 4.79 Å². The first-order chi connectivity index (χ1) is 14.4. The molecule has 0 aliphatic carbocycles. The molecule has 0 aliphatic heterocycles. The van der Waals surface area contributed by atoms with Crippen molar-refractivity contribution in [1.29, 1.82) is 0 Å². The quantitative estimate of drug-likeness (QED) is 0.561. The number of carbonyl (C=O) groups is 1. The molecule has 156 valence electrons. The largest absolute Gasteiger partial charge is 0.348 e. The van der Waals surface area contributed by atoms with Gasteiger partial charge in [0, 0.05) is 18.3 Å². The molecule has 0 bridgehead atoms. The molecule has 5 heteroatoms. The molecule has 3 rings (SSSR count). The molecular formula is C25H30N4O. The molecule has 1 heterocycles. The Kier molecular flexibility index (Phi) is 6.83. The first-order valence-corrected chi connectivity index (χ1v) is 10.4. The van der Waals surface area contributed by atoms with Gasteiger partial charge in [-0.05, 0) is 55.5 Å². The van der Waals surface area contributed by atoms with Crippen molar-refractivity contribution in [3.05, 3.63) is 83.0 Å². The number of anilines is 2. The molecule has 0 saturated heterocycles. The zero-order valence-corrected chi connectivity index (χ0v) is 18.4. The van der Waals surface area contributed by atoms with E-state index in [0.717, 1.165) is 16.7 Å². The summed E-state index contributed by atoms with van der Waals surface area (Å²) in [6.07, 6.45) is 1.70. The van der Waals surface area contributed by atoms with Crippen LogP contribution in [0, 0.1) is 19.8 Å². The van der Waals surface area contributed by atoms with Gasteiger partial charge in [-0.15, -0.1) is 0 Å². The average Bonchev–Trinajstić information content (AvgIpc) is 2.74. The summed E-state index contributed by atoms with van der Waals surface area (Å²) < 4.78 is 0. The van der Waals surface area contributed by atoms with Crippen molar-refractivity contribution in [3.8, 4) is 0 Å². The van der Waals surface area contributed by atoms with Gasteiger partial charge in [0.1, 0.15) is 5.82 Å². The summed E-state index contributed by atoms with van der Waals surface area (Å²) in [5.41, 5.74) is 3.96. The number of carbonyl (C=O) groups excluding carboxylic acids is 1. The number of hydrogen-bond donors (Lipinski definition) is 1. The standard InChI is InChI=1S/C25H30N4O/c1-17(2)16-29(24(30)22-13-9-10-18(3)19(22)4)23-14-15-26-25(28-23)27-20(5)21-11-7-6-8-12-21/h6-15,17,20H,16H2,1-5H3,(H,26,27,28)/t20-/m0/s1. The molecule has 1 N–H and O–H groups in total. The second-order valence-corrected chi connectivity index (χ2v) is 8.07. The number of aromatic nitrogens is 2. The van der Waals surface area contributed by atoms with E-state index in [1.54, 1.807) is 17.2 Å². The van der Waals surface area contributed by atoms with E-state index in [1.807, 2.05) is 50.2 Å². The van der Waals surface area contributed by atoms with Crippen LogP contribution in [0.4, 0.5) is 11.8 Å². The minimum atomic E-state index is -0.0364. The van der Waals surface area contributed by atoms with Crippen LogP contribution in [0.3, 0.4) is 0 Å². The topological polar surface area (TPSA) is 58.1 Å². The van der Waals surface area contributed by atoms with E-state index in [2.05, 4.69) is 48.2 Å². The Morgan fingerprint density at radius 2 is 1.73 bits per heavy atom. The van der Waals surface area contributed by atoms with Gasteiger partial charge in [0.05, 0.1) is 6.04 Å². The summed E-state index contributed by atoms with van der Waals surface area (Å²) in [6.45, 7) is 10.9. The normalized spacial score (nSPS) is 11.9. The molecule has 0 spiro atoms. The number of aryl methyl sites for hydroxylation is 1. The molecular weight excluding hydrogens is 372 g/mol. The van der Waals surface area contributed by atoms with Crippen molar-refractivity contribution >= 4 is 17.7 Å². The lowest BCUT2D eigenvalue weighted by Gasteiger charge is -2.25. The molecule has 1 amide bonds. The van der Waals surface area contributed by atoms with Crippen LogP contribution in [0.5, 0.6) is 0 Å². The average molecular weight is 403 g/mol. The summed E-state index contributed by atoms with van der Waals surface area (Å²) >= 11 is 0. The molecule has 0 aliphatic rings. The van der Waals surface area contributed by atoms with Crippen LogP contribution in [-0.4, -0.2) is 22.4 Å². The number of rotatable bonds is 7. The summed E-state index contributed by atoms with van der Waals surface area (Å²) in [6, 6.07) is 17.8. The van der Waals surface area contributed by atoms with Crippen molar-refractivity contribution in [2.45, 2.75) is 40.7 Å². The maximum absolute atomic E-state index is 13.5. The highest BCUT2D eigenvalue weighted by Gasteiger charge is 2.22. The fourth-order valence-electron chi connectivity index (χ4n) is 3.36. The summed E-state index contributed by atoms with van der Waals surface area (Å²) in [4.78, 5) is 24.3. The van der Waals surface area contributed by atoms with E-state index in [-0.39, 0.29) is 11.9 Å². The number of amides is 1. The zero-order valence-electron chi connectivity index (χ0n) is 18.4. The number of benzene rings is 2. The van der Waals surface area contributed by atoms with Crippen LogP contribution in [0.25, 0.3) is 0 Å². The first kappa shape index (κ1) is 21.5. The fraction of sp³-hybridized carbons (Fsp3) is 0.320. The summed E-state index contributed by atoms with van der Waals surface area (Å²) in [5, 5.41) is 3.35. The van der Waals surface area contributed by atoms with E-state index in [1.165, 1.54) is 0 Å². The second-order valence-electron chi connectivity index (χ2n) is 8.07. The SMILES string of the molecule is Cc1cccc(C(=O)N(CC(C)C)c2ccnc(N[C@@H](C)c3ccccc3)n2)c1C. The second kappa shape index (κ2) is 9.53. The Bertz CT molecular complexity index is 1000. The molecule has 30 heavy (non-hydrogen) atoms. The molecule has 0 saturated carbocycles. The third-order valence-corrected chi connectivity index (χ3v) is 5.19. The van der Waals surface area contributed by atoms with E-state index < -0.39 is 0 Å². The van der Waals surface area contributed by atoms with Crippen LogP contribution in [-0.2, 0) is 0 Å². The van der Waals surface area contributed by atoms with Gasteiger partial charge >= 0.3 is 0 Å². The Hall–Kier alpha value is -3.21. The number of nitrogens with one attached hydrogen (secondary N) is 1. The monoisotopic (exact) mass is 402 g/mol. The van der Waals surface area contributed by atoms with Crippen LogP contribution in [0.1, 0.15) is 53.9 Å². The van der Waals surface area contributed by atoms with E-state index in [4.69, 9.17) is 0 Å². The minimum Gasteiger partial charge on any atom is -0.348 e. The predicted octanol–water partition coefficient (Wildman–Crippen LogP) is 5.57. The maximum Gasteiger partial charge on any atom is 0.259 e. The van der Waals surface area contributed by atoms with Gasteiger partial charge in [-0.1, -0.05) is 56.3 Å². The maximum atomic E-state index is 13.5. The van der Waals surface area contributed by atoms with E-state index in [9.17, 15) is 4.79 Å². The van der Waals surface area contributed by atoms with E-state index in [0.29, 0.717) is 29.8 Å². The minimum absolute atomic E-state index is 0.0364. The highest BCUT2D eigenvalue weighted by Crippen LogP contribution is 2.22. The van der Waals surface area contributed by atoms with Gasteiger partial charge in [-0.3, -0.25) is 9.69 Å². The van der Waals surface area contributed by atoms with Crippen molar-refractivity contribution in [1.82, 2.24) is 9.97 Å². The van der Waals surface area contributed by atoms with Gasteiger partial charge in [0.25, 0.3) is 5.91 Å². The van der Waals surface area contributed by atoms with Gasteiger partial charge in [0.2, 0.25) is 5.95 Å². The Morgan fingerprint density at radius 3 is 2.43 bits per heavy atom. The van der Waals surface area contributed by atoms with Gasteiger partial charge < -0.3 is 5.32 Å². The summed E-state index contributed by atoms with van der Waals surface area (Å²) in [5.74, 6) is 1.37. The molecule has 0 unspecified atom stereocenters. The molecule has 1 atom stereocenters. The molecule has 3 aromatic rings. The van der Waals surface area contributed by atoms with Crippen LogP contribution in [0.15, 0.2) is 60.8 Å². The smallest absolute Gasteiger partial charge is 0.259 e. The highest BCUT2D eigenvalue weighted by molar-refractivity contribution is 6.06. The lowest BCUT2D eigenvalue weighted by Crippen LogP contribution is -2.35. The number of nitrogens with zero attached hydrogens (tertiary/aromatic N) is 3. The third-order valence-electron chi connectivity index (χ3n) is 5.19. The zero-order chi connectivity index (χ0) is 21.7. The fourth-order valence-corrected chi connectivity index (χ4v) is 3.36. The summed E-state index contributed by atoms with van der Waals surface area (Å²) in [7, 11) is 0. The molecule has 0 radical (unpaired) electrons. The van der Waals surface area contributed by atoms with Crippen LogP contribution in [0.2, 0.25) is 0 Å². The van der Waals surface area contributed by atoms with Gasteiger partial charge in [-0.2, -0.15) is 4.98 Å². The Balaban J connectivity index is 1.90. The predicted molar refractivity (Wildman–Crippen MR) is 123 cm³/mol. The molecule has 0 fully saturated rings.